The molecule has 13 heavy (non-hydrogen) atoms. The van der Waals surface area contributed by atoms with Crippen LogP contribution in [-0.4, -0.2) is 19.4 Å². The van der Waals surface area contributed by atoms with Crippen LogP contribution in [0.25, 0.3) is 0 Å². The molecule has 0 bridgehead atoms. The van der Waals surface area contributed by atoms with Crippen LogP contribution in [-0.2, 0) is 4.79 Å². The number of carbonyl (C=O) groups excluding carboxylic acids is 1. The quantitative estimate of drug-likeness (QED) is 0.701. The van der Waals surface area contributed by atoms with Gasteiger partial charge in [-0.25, -0.2) is 0 Å². The minimum Gasteiger partial charge on any atom is -0.326 e. The van der Waals surface area contributed by atoms with Gasteiger partial charge < -0.3 is 10.5 Å². The van der Waals surface area contributed by atoms with Crippen LogP contribution in [0.15, 0.2) is 0 Å². The molecule has 0 fully saturated rings. The third-order valence-corrected chi connectivity index (χ3v) is 2.34. The van der Waals surface area contributed by atoms with Gasteiger partial charge >= 0.3 is 0 Å². The van der Waals surface area contributed by atoms with E-state index in [1.165, 1.54) is 0 Å². The number of ketones is 1. The van der Waals surface area contributed by atoms with Gasteiger partial charge in [-0.05, 0) is 27.7 Å². The minimum atomic E-state index is -1.07. The lowest BCUT2D eigenvalue weighted by Crippen LogP contribution is -2.26. The van der Waals surface area contributed by atoms with E-state index in [-0.39, 0.29) is 5.54 Å². The van der Waals surface area contributed by atoms with E-state index in [1.807, 2.05) is 20.8 Å². The number of Topliss-reactive ketones (excluding diaryl/α,β-unsaturated/α-hetero) is 1. The molecule has 0 rings (SSSR count). The smallest absolute Gasteiger partial charge is 0.127 e. The molecule has 0 aromatic carbocycles. The third-order valence-electron chi connectivity index (χ3n) is 0.779. The lowest BCUT2D eigenvalue weighted by molar-refractivity contribution is -0.115. The fraction of sp³-hybridized carbons (Fsp3) is 0.900. The van der Waals surface area contributed by atoms with Crippen LogP contribution in [0.3, 0.4) is 0 Å². The van der Waals surface area contributed by atoms with Gasteiger partial charge in [0.05, 0.1) is 8.07 Å². The largest absolute Gasteiger partial charge is 0.326 e. The minimum absolute atomic E-state index is 0. The van der Waals surface area contributed by atoms with Crippen molar-refractivity contribution < 1.29 is 4.79 Å². The Morgan fingerprint density at radius 1 is 1.23 bits per heavy atom. The van der Waals surface area contributed by atoms with Gasteiger partial charge in [-0.2, -0.15) is 0 Å². The Hall–Kier alpha value is -0.153. The van der Waals surface area contributed by atoms with E-state index in [9.17, 15) is 4.79 Å². The molecular weight excluding hydrogens is 178 g/mol. The zero-order valence-corrected chi connectivity index (χ0v) is 11.2. The van der Waals surface area contributed by atoms with Crippen molar-refractivity contribution in [2.75, 3.05) is 0 Å². The van der Waals surface area contributed by atoms with E-state index < -0.39 is 8.07 Å². The van der Waals surface area contributed by atoms with E-state index >= 15 is 0 Å². The SMILES string of the molecule is CC(=O)C[Si](C)(C)C.CC(C)(C)N. The molecule has 0 aliphatic carbocycles. The predicted molar refractivity (Wildman–Crippen MR) is 62.8 cm³/mol. The Kier molecular flexibility index (Phi) is 6.54. The van der Waals surface area contributed by atoms with E-state index in [0.29, 0.717) is 5.78 Å². The van der Waals surface area contributed by atoms with Gasteiger partial charge in [-0.3, -0.25) is 0 Å². The lowest BCUT2D eigenvalue weighted by atomic mass is 10.1. The van der Waals surface area contributed by atoms with Crippen molar-refractivity contribution in [2.45, 2.75) is 58.9 Å². The summed E-state index contributed by atoms with van der Waals surface area (Å²) in [6.07, 6.45) is 0. The zero-order valence-electron chi connectivity index (χ0n) is 10.2. The molecule has 2 nitrogen and oxygen atoms in total. The fourth-order valence-corrected chi connectivity index (χ4v) is 2.24. The predicted octanol–water partition coefficient (Wildman–Crippen LogP) is 2.66. The summed E-state index contributed by atoms with van der Waals surface area (Å²) in [4.78, 5) is 10.5. The summed E-state index contributed by atoms with van der Waals surface area (Å²) in [5.41, 5.74) is 5.35. The third kappa shape index (κ3) is 48.9. The Labute approximate surface area is 83.9 Å². The zero-order chi connectivity index (χ0) is 11.3. The number of nitrogens with two attached hydrogens (primary N) is 1. The maximum atomic E-state index is 10.5. The van der Waals surface area contributed by atoms with Crippen molar-refractivity contribution >= 4 is 13.9 Å². The lowest BCUT2D eigenvalue weighted by Gasteiger charge is -2.11. The van der Waals surface area contributed by atoms with E-state index in [1.54, 1.807) is 6.92 Å². The van der Waals surface area contributed by atoms with Crippen molar-refractivity contribution in [1.82, 2.24) is 0 Å². The Bertz CT molecular complexity index is 147. The molecule has 0 aliphatic rings. The van der Waals surface area contributed by atoms with Crippen molar-refractivity contribution in [2.24, 2.45) is 5.73 Å². The van der Waals surface area contributed by atoms with E-state index in [4.69, 9.17) is 5.73 Å². The molecular formula is C10H25NOSi. The van der Waals surface area contributed by atoms with Crippen LogP contribution >= 0.6 is 0 Å². The molecule has 0 aromatic heterocycles. The summed E-state index contributed by atoms with van der Waals surface area (Å²) in [5.74, 6) is 0.337. The molecule has 0 aliphatic heterocycles. The first-order valence-electron chi connectivity index (χ1n) is 4.70. The van der Waals surface area contributed by atoms with Crippen molar-refractivity contribution in [3.63, 3.8) is 0 Å². The van der Waals surface area contributed by atoms with E-state index in [2.05, 4.69) is 19.6 Å². The highest BCUT2D eigenvalue weighted by molar-refractivity contribution is 6.78. The summed E-state index contributed by atoms with van der Waals surface area (Å²) in [5, 5.41) is 0. The molecule has 3 heteroatoms. The Morgan fingerprint density at radius 3 is 1.46 bits per heavy atom. The van der Waals surface area contributed by atoms with Gasteiger partial charge in [0.15, 0.2) is 0 Å². The van der Waals surface area contributed by atoms with Crippen LogP contribution in [0, 0.1) is 0 Å². The average Bonchev–Trinajstić information content (AvgIpc) is 1.47. The van der Waals surface area contributed by atoms with Crippen LogP contribution < -0.4 is 5.73 Å². The van der Waals surface area contributed by atoms with Gasteiger partial charge in [-0.1, -0.05) is 19.6 Å². The van der Waals surface area contributed by atoms with E-state index in [0.717, 1.165) is 6.04 Å². The normalized spacial score (nSPS) is 11.7. The highest BCUT2D eigenvalue weighted by Crippen LogP contribution is 2.07. The molecule has 0 spiro atoms. The Morgan fingerprint density at radius 2 is 1.46 bits per heavy atom. The van der Waals surface area contributed by atoms with Crippen LogP contribution in [0.4, 0.5) is 0 Å². The van der Waals surface area contributed by atoms with Gasteiger partial charge in [-0.15, -0.1) is 0 Å². The Balaban J connectivity index is 0. The number of hydrogen-bond acceptors (Lipinski definition) is 2. The second-order valence-corrected chi connectivity index (χ2v) is 11.3. The highest BCUT2D eigenvalue weighted by atomic mass is 28.3. The van der Waals surface area contributed by atoms with Crippen molar-refractivity contribution in [3.8, 4) is 0 Å². The summed E-state index contributed by atoms with van der Waals surface area (Å²) in [6, 6.07) is 0.826. The van der Waals surface area contributed by atoms with Crippen LogP contribution in [0.2, 0.25) is 25.7 Å². The van der Waals surface area contributed by atoms with Gasteiger partial charge in [0, 0.05) is 11.6 Å². The van der Waals surface area contributed by atoms with Gasteiger partial charge in [0.25, 0.3) is 0 Å². The standard InChI is InChI=1S/C6H14OSi.C4H11N/c1-6(7)5-8(2,3)4;1-4(2,3)5/h5H2,1-4H3;5H2,1-3H3. The van der Waals surface area contributed by atoms with Gasteiger partial charge in [0.1, 0.15) is 5.78 Å². The maximum Gasteiger partial charge on any atom is 0.127 e. The summed E-state index contributed by atoms with van der Waals surface area (Å²) < 4.78 is 0. The number of rotatable bonds is 2. The highest BCUT2D eigenvalue weighted by Gasteiger charge is 2.14. The molecule has 0 saturated carbocycles. The first-order chi connectivity index (χ1) is 5.42. The molecule has 0 aromatic rings. The topological polar surface area (TPSA) is 43.1 Å². The molecule has 2 N–H and O–H groups in total. The first kappa shape index (κ1) is 15.3. The number of carbonyl (C=O) groups is 1. The number of hydrogen-bond donors (Lipinski definition) is 1. The van der Waals surface area contributed by atoms with Crippen LogP contribution in [0.5, 0.6) is 0 Å². The van der Waals surface area contributed by atoms with Crippen LogP contribution in [0.1, 0.15) is 27.7 Å². The average molecular weight is 203 g/mol. The monoisotopic (exact) mass is 203 g/mol. The second-order valence-electron chi connectivity index (χ2n) is 5.81. The summed E-state index contributed by atoms with van der Waals surface area (Å²) >= 11 is 0. The maximum absolute atomic E-state index is 10.5. The fourth-order valence-electron chi connectivity index (χ4n) is 0.747. The first-order valence-corrected chi connectivity index (χ1v) is 8.41. The second kappa shape index (κ2) is 5.55. The molecule has 80 valence electrons. The molecule has 0 heterocycles. The molecule has 0 atom stereocenters. The van der Waals surface area contributed by atoms with Gasteiger partial charge in [0.2, 0.25) is 0 Å². The summed E-state index contributed by atoms with van der Waals surface area (Å²) in [6.45, 7) is 14.2. The molecule has 0 saturated heterocycles. The summed E-state index contributed by atoms with van der Waals surface area (Å²) in [7, 11) is -1.07. The molecule has 0 radical (unpaired) electrons. The van der Waals surface area contributed by atoms with Crippen molar-refractivity contribution in [1.29, 1.82) is 0 Å². The molecule has 0 unspecified atom stereocenters. The van der Waals surface area contributed by atoms with Crippen molar-refractivity contribution in [3.05, 3.63) is 0 Å². The molecule has 0 amide bonds.